The normalized spacial score (nSPS) is 11.0. The first-order valence-electron chi connectivity index (χ1n) is 7.29. The third kappa shape index (κ3) is 6.53. The van der Waals surface area contributed by atoms with Gasteiger partial charge in [0, 0.05) is 26.7 Å². The Labute approximate surface area is 153 Å². The molecule has 0 unspecified atom stereocenters. The van der Waals surface area contributed by atoms with E-state index in [2.05, 4.69) is 37.8 Å². The van der Waals surface area contributed by atoms with Crippen molar-refractivity contribution in [3.8, 4) is 5.69 Å². The predicted molar refractivity (Wildman–Crippen MR) is 101 cm³/mol. The van der Waals surface area contributed by atoms with Gasteiger partial charge >= 0.3 is 0 Å². The topological polar surface area (TPSA) is 76.4 Å². The van der Waals surface area contributed by atoms with Gasteiger partial charge in [-0.15, -0.1) is 24.0 Å². The first kappa shape index (κ1) is 19.4. The molecule has 0 aliphatic heterocycles. The van der Waals surface area contributed by atoms with Gasteiger partial charge in [0.05, 0.1) is 12.3 Å². The zero-order valence-corrected chi connectivity index (χ0v) is 15.7. The fourth-order valence-corrected chi connectivity index (χ4v) is 1.90. The summed E-state index contributed by atoms with van der Waals surface area (Å²) in [5, 5.41) is 10.6. The summed E-state index contributed by atoms with van der Waals surface area (Å²) in [5.41, 5.74) is 2.15. The molecule has 0 radical (unpaired) electrons. The molecule has 0 bridgehead atoms. The van der Waals surface area contributed by atoms with E-state index >= 15 is 0 Å². The van der Waals surface area contributed by atoms with Gasteiger partial charge in [-0.1, -0.05) is 12.1 Å². The van der Waals surface area contributed by atoms with Crippen LogP contribution in [0.5, 0.6) is 0 Å². The average molecular weight is 430 g/mol. The second-order valence-electron chi connectivity index (χ2n) is 4.56. The SMILES string of the molecule is CCOCCNC(=NC)NCc1ccc(-n2cncn2)cc1.I. The van der Waals surface area contributed by atoms with Crippen LogP contribution in [0.1, 0.15) is 12.5 Å². The molecule has 0 amide bonds. The van der Waals surface area contributed by atoms with Gasteiger partial charge in [0.25, 0.3) is 0 Å². The Balaban J connectivity index is 0.00000264. The summed E-state index contributed by atoms with van der Waals surface area (Å²) in [7, 11) is 1.75. The Morgan fingerprint density at radius 1 is 1.26 bits per heavy atom. The summed E-state index contributed by atoms with van der Waals surface area (Å²) in [6.07, 6.45) is 3.20. The molecule has 0 spiro atoms. The molecule has 0 atom stereocenters. The molecule has 1 aromatic carbocycles. The largest absolute Gasteiger partial charge is 0.380 e. The van der Waals surface area contributed by atoms with Crippen LogP contribution in [-0.2, 0) is 11.3 Å². The third-order valence-electron chi connectivity index (χ3n) is 3.05. The molecular formula is C15H23IN6O. The van der Waals surface area contributed by atoms with E-state index in [9.17, 15) is 0 Å². The highest BCUT2D eigenvalue weighted by atomic mass is 127. The minimum atomic E-state index is 0. The van der Waals surface area contributed by atoms with E-state index in [0.29, 0.717) is 13.2 Å². The summed E-state index contributed by atoms with van der Waals surface area (Å²) in [6.45, 7) is 4.82. The lowest BCUT2D eigenvalue weighted by Gasteiger charge is -2.12. The Bertz CT molecular complexity index is 570. The molecule has 0 aliphatic rings. The molecular weight excluding hydrogens is 407 g/mol. The standard InChI is InChI=1S/C15H22N6O.HI/c1-3-22-9-8-18-15(16-2)19-10-13-4-6-14(7-5-13)21-12-17-11-20-21;/h4-7,11-12H,3,8-10H2,1-2H3,(H2,16,18,19);1H. The van der Waals surface area contributed by atoms with E-state index in [4.69, 9.17) is 4.74 Å². The average Bonchev–Trinajstić information content (AvgIpc) is 3.09. The van der Waals surface area contributed by atoms with Crippen LogP contribution in [0, 0.1) is 0 Å². The lowest BCUT2D eigenvalue weighted by Crippen LogP contribution is -2.38. The number of hydrogen-bond acceptors (Lipinski definition) is 4. The molecule has 0 saturated carbocycles. The van der Waals surface area contributed by atoms with Gasteiger partial charge in [-0.3, -0.25) is 4.99 Å². The van der Waals surface area contributed by atoms with Crippen molar-refractivity contribution in [2.75, 3.05) is 26.8 Å². The third-order valence-corrected chi connectivity index (χ3v) is 3.05. The van der Waals surface area contributed by atoms with Crippen molar-refractivity contribution in [1.82, 2.24) is 25.4 Å². The summed E-state index contributed by atoms with van der Waals surface area (Å²) < 4.78 is 7.01. The Morgan fingerprint density at radius 2 is 2.04 bits per heavy atom. The molecule has 2 N–H and O–H groups in total. The first-order valence-corrected chi connectivity index (χ1v) is 7.29. The van der Waals surface area contributed by atoms with Gasteiger partial charge in [-0.25, -0.2) is 9.67 Å². The van der Waals surface area contributed by atoms with Gasteiger partial charge in [0.15, 0.2) is 5.96 Å². The van der Waals surface area contributed by atoms with E-state index < -0.39 is 0 Å². The maximum atomic E-state index is 5.28. The van der Waals surface area contributed by atoms with Gasteiger partial charge in [-0.2, -0.15) is 5.10 Å². The lowest BCUT2D eigenvalue weighted by molar-refractivity contribution is 0.152. The molecule has 1 heterocycles. The Hall–Kier alpha value is -1.68. The fraction of sp³-hybridized carbons (Fsp3) is 0.400. The van der Waals surface area contributed by atoms with Crippen LogP contribution >= 0.6 is 24.0 Å². The van der Waals surface area contributed by atoms with Gasteiger partial charge < -0.3 is 15.4 Å². The highest BCUT2D eigenvalue weighted by Crippen LogP contribution is 2.07. The van der Waals surface area contributed by atoms with Crippen molar-refractivity contribution in [2.24, 2.45) is 4.99 Å². The van der Waals surface area contributed by atoms with Crippen molar-refractivity contribution in [3.05, 3.63) is 42.5 Å². The van der Waals surface area contributed by atoms with Crippen molar-refractivity contribution in [2.45, 2.75) is 13.5 Å². The molecule has 8 heteroatoms. The highest BCUT2D eigenvalue weighted by molar-refractivity contribution is 14.0. The van der Waals surface area contributed by atoms with Crippen LogP contribution in [0.15, 0.2) is 41.9 Å². The van der Waals surface area contributed by atoms with Gasteiger partial charge in [-0.05, 0) is 24.6 Å². The number of aromatic nitrogens is 3. The quantitative estimate of drug-likeness (QED) is 0.302. The number of aliphatic imine (C=N–C) groups is 1. The summed E-state index contributed by atoms with van der Waals surface area (Å²) in [5.74, 6) is 0.764. The molecule has 0 saturated heterocycles. The van der Waals surface area contributed by atoms with E-state index in [0.717, 1.165) is 30.4 Å². The Morgan fingerprint density at radius 3 is 2.65 bits per heavy atom. The van der Waals surface area contributed by atoms with Crippen LogP contribution in [0.2, 0.25) is 0 Å². The van der Waals surface area contributed by atoms with E-state index in [1.54, 1.807) is 18.1 Å². The van der Waals surface area contributed by atoms with Crippen LogP contribution in [0.25, 0.3) is 5.69 Å². The highest BCUT2D eigenvalue weighted by Gasteiger charge is 2.00. The maximum absolute atomic E-state index is 5.28. The second-order valence-corrected chi connectivity index (χ2v) is 4.56. The molecule has 2 aromatic rings. The van der Waals surface area contributed by atoms with E-state index in [-0.39, 0.29) is 24.0 Å². The van der Waals surface area contributed by atoms with Crippen LogP contribution in [-0.4, -0.2) is 47.5 Å². The molecule has 1 aromatic heterocycles. The van der Waals surface area contributed by atoms with Crippen molar-refractivity contribution >= 4 is 29.9 Å². The van der Waals surface area contributed by atoms with Crippen molar-refractivity contribution < 1.29 is 4.74 Å². The predicted octanol–water partition coefficient (Wildman–Crippen LogP) is 1.59. The number of guanidine groups is 1. The fourth-order valence-electron chi connectivity index (χ4n) is 1.90. The first-order chi connectivity index (χ1) is 10.8. The number of nitrogens with zero attached hydrogens (tertiary/aromatic N) is 4. The van der Waals surface area contributed by atoms with E-state index in [1.165, 1.54) is 6.33 Å². The van der Waals surface area contributed by atoms with Gasteiger partial charge in [0.2, 0.25) is 0 Å². The van der Waals surface area contributed by atoms with Crippen LogP contribution < -0.4 is 10.6 Å². The number of rotatable bonds is 7. The number of benzene rings is 1. The van der Waals surface area contributed by atoms with E-state index in [1.807, 2.05) is 19.1 Å². The number of hydrogen-bond donors (Lipinski definition) is 2. The van der Waals surface area contributed by atoms with Crippen molar-refractivity contribution in [3.63, 3.8) is 0 Å². The molecule has 23 heavy (non-hydrogen) atoms. The summed E-state index contributed by atoms with van der Waals surface area (Å²) in [6, 6.07) is 8.13. The minimum absolute atomic E-state index is 0. The smallest absolute Gasteiger partial charge is 0.191 e. The molecule has 126 valence electrons. The Kier molecular flexibility index (Phi) is 9.22. The summed E-state index contributed by atoms with van der Waals surface area (Å²) in [4.78, 5) is 8.11. The number of ether oxygens (including phenoxy) is 1. The van der Waals surface area contributed by atoms with Crippen LogP contribution in [0.3, 0.4) is 0 Å². The molecule has 0 aliphatic carbocycles. The van der Waals surface area contributed by atoms with Gasteiger partial charge in [0.1, 0.15) is 12.7 Å². The minimum Gasteiger partial charge on any atom is -0.380 e. The lowest BCUT2D eigenvalue weighted by atomic mass is 10.2. The van der Waals surface area contributed by atoms with Crippen LogP contribution in [0.4, 0.5) is 0 Å². The number of halogens is 1. The maximum Gasteiger partial charge on any atom is 0.191 e. The number of nitrogens with one attached hydrogen (secondary N) is 2. The monoisotopic (exact) mass is 430 g/mol. The zero-order valence-electron chi connectivity index (χ0n) is 13.4. The molecule has 0 fully saturated rings. The zero-order chi connectivity index (χ0) is 15.6. The summed E-state index contributed by atoms with van der Waals surface area (Å²) >= 11 is 0. The molecule has 7 nitrogen and oxygen atoms in total. The van der Waals surface area contributed by atoms with Crippen molar-refractivity contribution in [1.29, 1.82) is 0 Å². The molecule has 2 rings (SSSR count). The second kappa shape index (κ2) is 10.9.